The second-order valence-electron chi connectivity index (χ2n) is 4.91. The third-order valence-electron chi connectivity index (χ3n) is 2.32. The van der Waals surface area contributed by atoms with Crippen LogP contribution in [0.15, 0.2) is 0 Å². The summed E-state index contributed by atoms with van der Waals surface area (Å²) in [6.07, 6.45) is 1.23. The van der Waals surface area contributed by atoms with Crippen LogP contribution in [0.2, 0.25) is 0 Å². The van der Waals surface area contributed by atoms with Gasteiger partial charge >= 0.3 is 6.16 Å². The largest absolute Gasteiger partial charge is 0.509 e. The zero-order valence-corrected chi connectivity index (χ0v) is 10.8. The molecule has 0 N–H and O–H groups in total. The van der Waals surface area contributed by atoms with Crippen LogP contribution in [-0.2, 0) is 9.47 Å². The van der Waals surface area contributed by atoms with Gasteiger partial charge in [0.1, 0.15) is 11.7 Å². The van der Waals surface area contributed by atoms with Gasteiger partial charge in [0.05, 0.1) is 0 Å². The number of carbonyl (C=O) groups is 1. The van der Waals surface area contributed by atoms with Gasteiger partial charge in [-0.05, 0) is 33.1 Å². The molecule has 0 aliphatic rings. The molecule has 2 unspecified atom stereocenters. The minimum Gasteiger partial charge on any atom is -0.431 e. The Morgan fingerprint density at radius 1 is 1.20 bits per heavy atom. The molecule has 0 aromatic rings. The Morgan fingerprint density at radius 2 is 1.73 bits per heavy atom. The van der Waals surface area contributed by atoms with Gasteiger partial charge in [0.15, 0.2) is 0 Å². The fourth-order valence-electron chi connectivity index (χ4n) is 1.26. The molecule has 0 aromatic heterocycles. The van der Waals surface area contributed by atoms with Crippen molar-refractivity contribution >= 4 is 6.16 Å². The highest BCUT2D eigenvalue weighted by Gasteiger charge is 2.23. The molecule has 0 heterocycles. The van der Waals surface area contributed by atoms with E-state index in [1.165, 1.54) is 0 Å². The first kappa shape index (κ1) is 14.3. The summed E-state index contributed by atoms with van der Waals surface area (Å²) in [5.41, 5.74) is -0.481. The normalized spacial score (nSPS) is 15.6. The first-order valence-electron chi connectivity index (χ1n) is 5.69. The molecule has 0 spiro atoms. The molecule has 90 valence electrons. The van der Waals surface area contributed by atoms with E-state index in [9.17, 15) is 4.79 Å². The molecule has 3 nitrogen and oxygen atoms in total. The van der Waals surface area contributed by atoms with Crippen LogP contribution in [0.1, 0.15) is 54.4 Å². The van der Waals surface area contributed by atoms with Crippen molar-refractivity contribution in [2.24, 2.45) is 5.92 Å². The maximum Gasteiger partial charge on any atom is 0.509 e. The van der Waals surface area contributed by atoms with Gasteiger partial charge < -0.3 is 9.47 Å². The van der Waals surface area contributed by atoms with Gasteiger partial charge in [-0.15, -0.1) is 0 Å². The van der Waals surface area contributed by atoms with Crippen LogP contribution in [0.4, 0.5) is 4.79 Å². The van der Waals surface area contributed by atoms with Crippen LogP contribution in [0.3, 0.4) is 0 Å². The summed E-state index contributed by atoms with van der Waals surface area (Å²) in [6.45, 7) is 11.7. The highest BCUT2D eigenvalue weighted by molar-refractivity contribution is 5.60. The van der Waals surface area contributed by atoms with Crippen LogP contribution >= 0.6 is 0 Å². The van der Waals surface area contributed by atoms with Gasteiger partial charge in [-0.25, -0.2) is 4.79 Å². The predicted octanol–water partition coefficient (Wildman–Crippen LogP) is 3.76. The number of rotatable bonds is 4. The Bertz CT molecular complexity index is 194. The van der Waals surface area contributed by atoms with E-state index in [1.807, 2.05) is 27.7 Å². The van der Waals surface area contributed by atoms with Gasteiger partial charge in [-0.2, -0.15) is 0 Å². The van der Waals surface area contributed by atoms with E-state index in [1.54, 1.807) is 0 Å². The third kappa shape index (κ3) is 6.37. The first-order valence-corrected chi connectivity index (χ1v) is 5.69. The Kier molecular flexibility index (Phi) is 5.69. The molecule has 0 rings (SSSR count). The summed E-state index contributed by atoms with van der Waals surface area (Å²) < 4.78 is 10.4. The van der Waals surface area contributed by atoms with Crippen molar-refractivity contribution in [1.29, 1.82) is 0 Å². The van der Waals surface area contributed by atoms with Crippen molar-refractivity contribution in [3.05, 3.63) is 0 Å². The van der Waals surface area contributed by atoms with E-state index >= 15 is 0 Å². The molecule has 2 atom stereocenters. The van der Waals surface area contributed by atoms with Crippen LogP contribution in [0.5, 0.6) is 0 Å². The van der Waals surface area contributed by atoms with Crippen LogP contribution in [0, 0.1) is 5.92 Å². The molecule has 0 amide bonds. The summed E-state index contributed by atoms with van der Waals surface area (Å²) in [7, 11) is 0. The summed E-state index contributed by atoms with van der Waals surface area (Å²) >= 11 is 0. The maximum absolute atomic E-state index is 11.4. The lowest BCUT2D eigenvalue weighted by molar-refractivity contribution is -0.0389. The lowest BCUT2D eigenvalue weighted by atomic mass is 10.00. The van der Waals surface area contributed by atoms with Gasteiger partial charge in [0.2, 0.25) is 0 Å². The second-order valence-corrected chi connectivity index (χ2v) is 4.91. The molecule has 0 saturated heterocycles. The number of carbonyl (C=O) groups excluding carboxylic acids is 1. The minimum absolute atomic E-state index is 0.0372. The van der Waals surface area contributed by atoms with E-state index in [-0.39, 0.29) is 6.10 Å². The molecular weight excluding hydrogens is 192 g/mol. The van der Waals surface area contributed by atoms with Crippen molar-refractivity contribution in [2.45, 2.75) is 66.1 Å². The highest BCUT2D eigenvalue weighted by atomic mass is 16.7. The molecule has 0 radical (unpaired) electrons. The monoisotopic (exact) mass is 216 g/mol. The molecule has 15 heavy (non-hydrogen) atoms. The average molecular weight is 216 g/mol. The molecule has 0 aliphatic heterocycles. The molecule has 0 aromatic carbocycles. The molecule has 0 bridgehead atoms. The van der Waals surface area contributed by atoms with E-state index in [0.717, 1.165) is 12.8 Å². The van der Waals surface area contributed by atoms with Crippen molar-refractivity contribution in [3.63, 3.8) is 0 Å². The zero-order valence-electron chi connectivity index (χ0n) is 10.8. The maximum atomic E-state index is 11.4. The van der Waals surface area contributed by atoms with E-state index in [0.29, 0.717) is 5.92 Å². The van der Waals surface area contributed by atoms with Gasteiger partial charge in [-0.1, -0.05) is 27.2 Å². The predicted molar refractivity (Wildman–Crippen MR) is 60.9 cm³/mol. The van der Waals surface area contributed by atoms with Gasteiger partial charge in [-0.3, -0.25) is 0 Å². The van der Waals surface area contributed by atoms with Crippen LogP contribution < -0.4 is 0 Å². The van der Waals surface area contributed by atoms with E-state index in [2.05, 4.69) is 13.8 Å². The summed E-state index contributed by atoms with van der Waals surface area (Å²) in [4.78, 5) is 11.4. The Morgan fingerprint density at radius 3 is 2.07 bits per heavy atom. The first-order chi connectivity index (χ1) is 6.80. The fourth-order valence-corrected chi connectivity index (χ4v) is 1.26. The number of ether oxygens (including phenoxy) is 2. The Labute approximate surface area is 93.1 Å². The molecular formula is C12H24O3. The van der Waals surface area contributed by atoms with Crippen LogP contribution in [-0.4, -0.2) is 17.9 Å². The minimum atomic E-state index is -0.561. The average Bonchev–Trinajstić information content (AvgIpc) is 2.10. The van der Waals surface area contributed by atoms with Crippen molar-refractivity contribution in [3.8, 4) is 0 Å². The van der Waals surface area contributed by atoms with Gasteiger partial charge in [0.25, 0.3) is 0 Å². The van der Waals surface area contributed by atoms with Crippen molar-refractivity contribution < 1.29 is 14.3 Å². The quantitative estimate of drug-likeness (QED) is 0.671. The third-order valence-corrected chi connectivity index (χ3v) is 2.32. The van der Waals surface area contributed by atoms with E-state index < -0.39 is 11.8 Å². The van der Waals surface area contributed by atoms with Gasteiger partial charge in [0, 0.05) is 0 Å². The smallest absolute Gasteiger partial charge is 0.431 e. The lowest BCUT2D eigenvalue weighted by Crippen LogP contribution is -2.30. The molecule has 0 fully saturated rings. The number of hydrogen-bond donors (Lipinski definition) is 0. The topological polar surface area (TPSA) is 35.5 Å². The number of hydrogen-bond acceptors (Lipinski definition) is 3. The molecule has 3 heteroatoms. The molecule has 0 aliphatic carbocycles. The van der Waals surface area contributed by atoms with E-state index in [4.69, 9.17) is 9.47 Å². The summed E-state index contributed by atoms with van der Waals surface area (Å²) in [5.74, 6) is 0.377. The summed E-state index contributed by atoms with van der Waals surface area (Å²) in [6, 6.07) is 0. The lowest BCUT2D eigenvalue weighted by Gasteiger charge is -2.24. The second kappa shape index (κ2) is 5.99. The van der Waals surface area contributed by atoms with Crippen molar-refractivity contribution in [2.75, 3.05) is 0 Å². The standard InChI is InChI=1S/C12H24O3/c1-7-9(3)10(8-2)14-11(13)15-12(4,5)6/h9-10H,7-8H2,1-6H3. The molecule has 0 saturated carbocycles. The Hall–Kier alpha value is -0.730. The fraction of sp³-hybridized carbons (Fsp3) is 0.917. The highest BCUT2D eigenvalue weighted by Crippen LogP contribution is 2.17. The SMILES string of the molecule is CCC(C)C(CC)OC(=O)OC(C)(C)C. The summed E-state index contributed by atoms with van der Waals surface area (Å²) in [5, 5.41) is 0. The zero-order chi connectivity index (χ0) is 12.1. The van der Waals surface area contributed by atoms with Crippen LogP contribution in [0.25, 0.3) is 0 Å². The van der Waals surface area contributed by atoms with Crippen molar-refractivity contribution in [1.82, 2.24) is 0 Å². The Balaban J connectivity index is 4.13.